The molecule has 2 nitrogen and oxygen atoms in total. The molecule has 7 rings (SSSR count). The van der Waals surface area contributed by atoms with Gasteiger partial charge in [-0.1, -0.05) is 105 Å². The highest BCUT2D eigenvalue weighted by Crippen LogP contribution is 2.76. The zero-order valence-corrected chi connectivity index (χ0v) is 33.3. The highest BCUT2D eigenvalue weighted by Gasteiger charge is 2.33. The van der Waals surface area contributed by atoms with E-state index in [-0.39, 0.29) is 0 Å². The molecule has 7 aromatic carbocycles. The van der Waals surface area contributed by atoms with Crippen LogP contribution in [0.4, 0.5) is 34.1 Å². The average molecular weight is 789 g/mol. The molecule has 0 saturated heterocycles. The topological polar surface area (TPSA) is 6.48 Å². The van der Waals surface area contributed by atoms with E-state index < -0.39 is 14.4 Å². The van der Waals surface area contributed by atoms with E-state index in [1.807, 2.05) is 0 Å². The van der Waals surface area contributed by atoms with Gasteiger partial charge in [0.15, 0.2) is 0 Å². The van der Waals surface area contributed by atoms with Crippen molar-refractivity contribution in [1.29, 1.82) is 0 Å². The zero-order chi connectivity index (χ0) is 34.4. The Morgan fingerprint density at radius 1 is 0.408 bits per heavy atom. The Kier molecular flexibility index (Phi) is 8.66. The molecule has 7 aromatic rings. The van der Waals surface area contributed by atoms with Crippen LogP contribution >= 0.6 is 27.5 Å². The van der Waals surface area contributed by atoms with Gasteiger partial charge in [-0.25, -0.2) is 6.33 Å². The average Bonchev–Trinajstić information content (AvgIpc) is 3.08. The third-order valence-corrected chi connectivity index (χ3v) is 14.6. The van der Waals surface area contributed by atoms with Crippen molar-refractivity contribution in [3.8, 4) is 0 Å². The second kappa shape index (κ2) is 12.7. The second-order valence-electron chi connectivity index (χ2n) is 15.1. The van der Waals surface area contributed by atoms with Gasteiger partial charge in [-0.05, 0) is 144 Å². The molecule has 0 saturated carbocycles. The van der Waals surface area contributed by atoms with Crippen LogP contribution in [0.3, 0.4) is 0 Å². The van der Waals surface area contributed by atoms with Crippen LogP contribution in [0, 0.1) is 0 Å². The zero-order valence-electron chi connectivity index (χ0n) is 29.2. The van der Waals surface area contributed by atoms with Crippen molar-refractivity contribution in [2.24, 2.45) is 0 Å². The number of halogens is 1. The molecular weight excluding hydrogens is 744 g/mol. The fraction of sp³-hybridized carbons (Fsp3) is 0.136. The fourth-order valence-corrected chi connectivity index (χ4v) is 12.9. The Morgan fingerprint density at radius 3 is 0.980 bits per heavy atom. The van der Waals surface area contributed by atoms with Gasteiger partial charge in [0.1, 0.15) is 0 Å². The van der Waals surface area contributed by atoms with Crippen molar-refractivity contribution in [2.75, 3.05) is 28.6 Å². The number of nitrogens with zero attached hydrogens (tertiary/aromatic N) is 2. The van der Waals surface area contributed by atoms with Crippen LogP contribution in [0.1, 0.15) is 0 Å². The first-order valence-electron chi connectivity index (χ1n) is 16.9. The first kappa shape index (κ1) is 33.5. The molecule has 49 heavy (non-hydrogen) atoms. The van der Waals surface area contributed by atoms with Gasteiger partial charge in [-0.15, -0.1) is 0 Å². The molecule has 0 amide bonds. The van der Waals surface area contributed by atoms with E-state index in [0.29, 0.717) is 0 Å². The highest BCUT2D eigenvalue weighted by molar-refractivity contribution is 14.2. The molecule has 0 radical (unpaired) electrons. The van der Waals surface area contributed by atoms with E-state index >= 15 is 0 Å². The molecule has 0 spiro atoms. The Hall–Kier alpha value is -4.04. The van der Waals surface area contributed by atoms with Crippen LogP contribution in [0.5, 0.6) is 0 Å². The number of para-hydroxylation sites is 4. The number of thiol groups is 1. The molecule has 0 aliphatic carbocycles. The third-order valence-electron chi connectivity index (χ3n) is 9.13. The quantitative estimate of drug-likeness (QED) is 0.0709. The van der Waals surface area contributed by atoms with Crippen molar-refractivity contribution in [1.82, 2.24) is 0 Å². The van der Waals surface area contributed by atoms with Crippen LogP contribution in [0.15, 0.2) is 163 Å². The third kappa shape index (κ3) is 6.64. The molecule has 0 aromatic heterocycles. The molecule has 0 bridgehead atoms. The lowest BCUT2D eigenvalue weighted by atomic mass is 10.0. The summed E-state index contributed by atoms with van der Waals surface area (Å²) < 4.78 is 0. The molecule has 0 unspecified atom stereocenters. The monoisotopic (exact) mass is 788 g/mol. The van der Waals surface area contributed by atoms with Crippen molar-refractivity contribution >= 4 is 96.5 Å². The second-order valence-corrected chi connectivity index (χ2v) is 35.8. The summed E-state index contributed by atoms with van der Waals surface area (Å²) in [5.74, 6) is 0. The molecule has 248 valence electrons. The van der Waals surface area contributed by atoms with Crippen molar-refractivity contribution < 1.29 is 0 Å². The molecule has 0 fully saturated rings. The lowest BCUT2D eigenvalue weighted by Gasteiger charge is -2.47. The Labute approximate surface area is 305 Å². The minimum atomic E-state index is -2.33. The summed E-state index contributed by atoms with van der Waals surface area (Å²) in [5.41, 5.74) is 6.98. The first-order valence-corrected chi connectivity index (χ1v) is 26.8. The molecular formula is C44H45IN2SSi. The summed E-state index contributed by atoms with van der Waals surface area (Å²) in [6, 6.07) is 57.5. The molecule has 5 heteroatoms. The predicted molar refractivity (Wildman–Crippen MR) is 233 cm³/mol. The Balaban J connectivity index is 1.58. The predicted octanol–water partition coefficient (Wildman–Crippen LogP) is 13.1. The lowest BCUT2D eigenvalue weighted by Crippen LogP contribution is -2.39. The standard InChI is InChI=1S/C44H45IN2SSi/c1-48(2,3,45)43-39-29-27-37(46(33-19-11-7-12-20-33)34-21-13-8-14-22-34)31-41(39)44(49(4,5)6)42-32-38(28-30-40(42)43)47(35-23-15-9-16-24-35)36-25-17-10-18-26-36/h7-32,48H,1-6H3. The van der Waals surface area contributed by atoms with E-state index in [4.69, 9.17) is 0 Å². The van der Waals surface area contributed by atoms with E-state index in [1.165, 1.54) is 43.0 Å². The van der Waals surface area contributed by atoms with Crippen LogP contribution in [-0.4, -0.2) is 26.8 Å². The number of anilines is 6. The molecule has 0 aliphatic rings. The summed E-state index contributed by atoms with van der Waals surface area (Å²) >= 11 is 2.81. The largest absolute Gasteiger partial charge is 0.310 e. The van der Waals surface area contributed by atoms with E-state index in [1.54, 1.807) is 0 Å². The number of rotatable bonds is 8. The van der Waals surface area contributed by atoms with Crippen LogP contribution < -0.4 is 15.0 Å². The maximum atomic E-state index is 2.81. The van der Waals surface area contributed by atoms with Gasteiger partial charge in [0.05, 0.1) is 8.07 Å². The number of fused-ring (bicyclic) bond motifs is 2. The summed E-state index contributed by atoms with van der Waals surface area (Å²) in [5, 5.41) is 7.07. The van der Waals surface area contributed by atoms with Crippen molar-refractivity contribution in [3.63, 3.8) is 0 Å². The minimum Gasteiger partial charge on any atom is -0.310 e. The minimum absolute atomic E-state index is 1.15. The maximum absolute atomic E-state index is 2.81. The SMILES string of the molecule is C[Si](C)(C)c1c2cc(N(c3ccccc3)c3ccccc3)ccc2c([SH](C)(C)(C)I)c2ccc(N(c3ccccc3)c3ccccc3)cc12. The van der Waals surface area contributed by atoms with E-state index in [9.17, 15) is 0 Å². The fourth-order valence-electron chi connectivity index (χ4n) is 7.28. The Bertz CT molecular complexity index is 2030. The van der Waals surface area contributed by atoms with Gasteiger partial charge < -0.3 is 9.80 Å². The molecule has 0 N–H and O–H groups in total. The van der Waals surface area contributed by atoms with Crippen molar-refractivity contribution in [2.45, 2.75) is 24.5 Å². The molecule has 0 heterocycles. The van der Waals surface area contributed by atoms with Gasteiger partial charge >= 0.3 is 0 Å². The summed E-state index contributed by atoms with van der Waals surface area (Å²) in [6.07, 6.45) is 5.16. The summed E-state index contributed by atoms with van der Waals surface area (Å²) in [6.45, 7) is 7.52. The van der Waals surface area contributed by atoms with Crippen LogP contribution in [0.25, 0.3) is 21.5 Å². The summed E-state index contributed by atoms with van der Waals surface area (Å²) in [4.78, 5) is 6.30. The van der Waals surface area contributed by atoms with E-state index in [0.717, 1.165) is 22.7 Å². The van der Waals surface area contributed by atoms with Gasteiger partial charge in [0.2, 0.25) is 0 Å². The van der Waals surface area contributed by atoms with Crippen LogP contribution in [-0.2, 0) is 0 Å². The normalized spacial score (nSPS) is 12.8. The molecule has 0 atom stereocenters. The van der Waals surface area contributed by atoms with E-state index in [2.05, 4.69) is 227 Å². The number of hydrogen-bond donors (Lipinski definition) is 1. The van der Waals surface area contributed by atoms with Crippen molar-refractivity contribution in [3.05, 3.63) is 158 Å². The van der Waals surface area contributed by atoms with Gasteiger partial charge in [-0.3, -0.25) is 0 Å². The smallest absolute Gasteiger partial charge is 0.0792 e. The van der Waals surface area contributed by atoms with Gasteiger partial charge in [-0.2, -0.15) is 0 Å². The summed E-state index contributed by atoms with van der Waals surface area (Å²) in [7, 11) is -1.93. The maximum Gasteiger partial charge on any atom is 0.0792 e. The van der Waals surface area contributed by atoms with Gasteiger partial charge in [0, 0.05) is 34.1 Å². The number of hydrogen-bond acceptors (Lipinski definition) is 2. The lowest BCUT2D eigenvalue weighted by molar-refractivity contribution is 1.29. The highest BCUT2D eigenvalue weighted by atomic mass is 127. The molecule has 0 aliphatic heterocycles. The van der Waals surface area contributed by atoms with Crippen LogP contribution in [0.2, 0.25) is 19.6 Å². The van der Waals surface area contributed by atoms with Gasteiger partial charge in [0.25, 0.3) is 0 Å². The Morgan fingerprint density at radius 2 is 0.714 bits per heavy atom. The number of benzene rings is 7. The first-order chi connectivity index (χ1) is 23.4.